The first-order valence-corrected chi connectivity index (χ1v) is 6.92. The molecule has 0 saturated carbocycles. The van der Waals surface area contributed by atoms with Gasteiger partial charge >= 0.3 is 5.69 Å². The summed E-state index contributed by atoms with van der Waals surface area (Å²) in [6, 6.07) is 3.81. The second kappa shape index (κ2) is 5.34. The quantitative estimate of drug-likeness (QED) is 0.726. The van der Waals surface area contributed by atoms with Crippen LogP contribution in [0.1, 0.15) is 11.1 Å². The van der Waals surface area contributed by atoms with Gasteiger partial charge in [0.15, 0.2) is 5.52 Å². The van der Waals surface area contributed by atoms with Crippen molar-refractivity contribution in [3.8, 4) is 0 Å². The summed E-state index contributed by atoms with van der Waals surface area (Å²) in [6.07, 6.45) is 0. The highest BCUT2D eigenvalue weighted by Gasteiger charge is 2.13. The molecule has 0 saturated heterocycles. The van der Waals surface area contributed by atoms with E-state index in [9.17, 15) is 9.59 Å². The number of aryl methyl sites for hydroxylation is 2. The highest BCUT2D eigenvalue weighted by atomic mass is 16.5. The number of benzene rings is 1. The van der Waals surface area contributed by atoms with E-state index in [1.54, 1.807) is 0 Å². The van der Waals surface area contributed by atoms with Crippen LogP contribution in [-0.2, 0) is 11.3 Å². The Morgan fingerprint density at radius 2 is 1.91 bits per heavy atom. The third kappa shape index (κ3) is 2.19. The van der Waals surface area contributed by atoms with Crippen LogP contribution in [0.2, 0.25) is 0 Å². The Kier molecular flexibility index (Phi) is 3.50. The summed E-state index contributed by atoms with van der Waals surface area (Å²) in [6.45, 7) is 4.39. The molecule has 114 valence electrons. The minimum absolute atomic E-state index is 0.159. The first-order chi connectivity index (χ1) is 10.5. The van der Waals surface area contributed by atoms with Crippen LogP contribution in [0.5, 0.6) is 0 Å². The molecule has 0 fully saturated rings. The largest absolute Gasteiger partial charge is 0.383 e. The lowest BCUT2D eigenvalue weighted by atomic mass is 10.1. The van der Waals surface area contributed by atoms with Gasteiger partial charge in [0.1, 0.15) is 0 Å². The number of ether oxygens (including phenoxy) is 1. The van der Waals surface area contributed by atoms with Crippen LogP contribution in [0.4, 0.5) is 0 Å². The van der Waals surface area contributed by atoms with E-state index in [-0.39, 0.29) is 18.7 Å². The van der Waals surface area contributed by atoms with Crippen molar-refractivity contribution in [2.75, 3.05) is 13.7 Å². The zero-order chi connectivity index (χ0) is 15.9. The predicted molar refractivity (Wildman–Crippen MR) is 83.3 cm³/mol. The molecule has 0 amide bonds. The summed E-state index contributed by atoms with van der Waals surface area (Å²) in [5.41, 5.74) is 2.46. The molecule has 1 aromatic carbocycles. The Morgan fingerprint density at radius 3 is 2.64 bits per heavy atom. The van der Waals surface area contributed by atoms with Crippen molar-refractivity contribution < 1.29 is 4.74 Å². The van der Waals surface area contributed by atoms with Gasteiger partial charge < -0.3 is 9.72 Å². The Hall–Kier alpha value is -2.54. The highest BCUT2D eigenvalue weighted by Crippen LogP contribution is 2.21. The van der Waals surface area contributed by atoms with Crippen LogP contribution in [0.3, 0.4) is 0 Å². The summed E-state index contributed by atoms with van der Waals surface area (Å²) < 4.78 is 6.00. The standard InChI is InChI=1S/C15H16N4O3/c1-8-6-10-11(7-9(8)2)17-18-13-12(10)16-15(21)19(14(13)20)4-5-22-3/h6-7H,4-5H2,1-3H3,(H,16,21). The van der Waals surface area contributed by atoms with Crippen LogP contribution < -0.4 is 11.2 Å². The van der Waals surface area contributed by atoms with E-state index in [2.05, 4.69) is 15.2 Å². The van der Waals surface area contributed by atoms with E-state index in [4.69, 9.17) is 4.74 Å². The molecule has 0 bridgehead atoms. The molecule has 0 atom stereocenters. The summed E-state index contributed by atoms with van der Waals surface area (Å²) >= 11 is 0. The first kappa shape index (κ1) is 14.4. The summed E-state index contributed by atoms with van der Waals surface area (Å²) in [4.78, 5) is 27.3. The second-order valence-electron chi connectivity index (χ2n) is 5.26. The number of hydrogen-bond acceptors (Lipinski definition) is 5. The summed E-state index contributed by atoms with van der Waals surface area (Å²) in [7, 11) is 1.51. The van der Waals surface area contributed by atoms with E-state index in [0.717, 1.165) is 21.1 Å². The number of rotatable bonds is 3. The highest BCUT2D eigenvalue weighted by molar-refractivity contribution is 6.01. The zero-order valence-electron chi connectivity index (χ0n) is 12.6. The molecule has 3 rings (SSSR count). The smallest absolute Gasteiger partial charge is 0.329 e. The molecule has 2 heterocycles. The SMILES string of the molecule is COCCn1c(=O)[nH]c2c(nnc3cc(C)c(C)cc32)c1=O. The van der Waals surface area contributed by atoms with Gasteiger partial charge in [-0.05, 0) is 37.1 Å². The van der Waals surface area contributed by atoms with Gasteiger partial charge in [-0.25, -0.2) is 4.79 Å². The molecule has 7 heteroatoms. The van der Waals surface area contributed by atoms with E-state index in [1.165, 1.54) is 7.11 Å². The molecule has 0 aliphatic heterocycles. The van der Waals surface area contributed by atoms with Crippen LogP contribution >= 0.6 is 0 Å². The Morgan fingerprint density at radius 1 is 1.18 bits per heavy atom. The van der Waals surface area contributed by atoms with Crippen molar-refractivity contribution in [2.45, 2.75) is 20.4 Å². The minimum Gasteiger partial charge on any atom is -0.383 e. The molecule has 2 aromatic heterocycles. The minimum atomic E-state index is -0.470. The number of fused-ring (bicyclic) bond motifs is 3. The molecule has 3 aromatic rings. The van der Waals surface area contributed by atoms with Crippen molar-refractivity contribution in [1.29, 1.82) is 0 Å². The number of H-pyrrole nitrogens is 1. The number of nitrogens with one attached hydrogen (secondary N) is 1. The summed E-state index contributed by atoms with van der Waals surface area (Å²) in [5, 5.41) is 8.83. The van der Waals surface area contributed by atoms with Crippen molar-refractivity contribution in [1.82, 2.24) is 19.7 Å². The van der Waals surface area contributed by atoms with Gasteiger partial charge in [-0.15, -0.1) is 10.2 Å². The summed E-state index contributed by atoms with van der Waals surface area (Å²) in [5.74, 6) is 0. The second-order valence-corrected chi connectivity index (χ2v) is 5.26. The molecule has 1 N–H and O–H groups in total. The van der Waals surface area contributed by atoms with Crippen molar-refractivity contribution in [2.24, 2.45) is 0 Å². The Bertz CT molecular complexity index is 988. The molecule has 0 aliphatic carbocycles. The Balaban J connectivity index is 2.39. The fraction of sp³-hybridized carbons (Fsp3) is 0.333. The predicted octanol–water partition coefficient (Wildman–Crippen LogP) is 0.896. The van der Waals surface area contributed by atoms with Gasteiger partial charge in [-0.2, -0.15) is 0 Å². The van der Waals surface area contributed by atoms with Gasteiger partial charge in [-0.1, -0.05) is 0 Å². The molecule has 7 nitrogen and oxygen atoms in total. The van der Waals surface area contributed by atoms with E-state index < -0.39 is 11.2 Å². The maximum atomic E-state index is 12.4. The third-order valence-electron chi connectivity index (χ3n) is 3.82. The number of methoxy groups -OCH3 is 1. The molecule has 0 spiro atoms. The monoisotopic (exact) mass is 300 g/mol. The van der Waals surface area contributed by atoms with E-state index in [1.807, 2.05) is 26.0 Å². The van der Waals surface area contributed by atoms with Gasteiger partial charge in [-0.3, -0.25) is 9.36 Å². The van der Waals surface area contributed by atoms with Crippen LogP contribution in [-0.4, -0.2) is 33.5 Å². The molecule has 22 heavy (non-hydrogen) atoms. The third-order valence-corrected chi connectivity index (χ3v) is 3.82. The molecule has 0 unspecified atom stereocenters. The van der Waals surface area contributed by atoms with Gasteiger partial charge in [0, 0.05) is 12.5 Å². The number of aromatic amines is 1. The molecule has 0 aliphatic rings. The number of hydrogen-bond donors (Lipinski definition) is 1. The van der Waals surface area contributed by atoms with Gasteiger partial charge in [0.25, 0.3) is 5.56 Å². The lowest BCUT2D eigenvalue weighted by Gasteiger charge is -2.08. The van der Waals surface area contributed by atoms with Crippen molar-refractivity contribution in [3.63, 3.8) is 0 Å². The average molecular weight is 300 g/mol. The number of aromatic nitrogens is 4. The molecular formula is C15H16N4O3. The lowest BCUT2D eigenvalue weighted by molar-refractivity contribution is 0.185. The fourth-order valence-corrected chi connectivity index (χ4v) is 2.42. The zero-order valence-corrected chi connectivity index (χ0v) is 12.6. The van der Waals surface area contributed by atoms with Crippen LogP contribution in [0.25, 0.3) is 21.9 Å². The maximum Gasteiger partial charge on any atom is 0.329 e. The maximum absolute atomic E-state index is 12.4. The Labute approximate surface area is 125 Å². The van der Waals surface area contributed by atoms with Crippen molar-refractivity contribution >= 4 is 21.9 Å². The number of nitrogens with zero attached hydrogens (tertiary/aromatic N) is 3. The van der Waals surface area contributed by atoms with Gasteiger partial charge in [0.05, 0.1) is 24.2 Å². The normalized spacial score (nSPS) is 11.4. The van der Waals surface area contributed by atoms with Crippen LogP contribution in [0.15, 0.2) is 21.7 Å². The molecule has 0 radical (unpaired) electrons. The van der Waals surface area contributed by atoms with E-state index >= 15 is 0 Å². The van der Waals surface area contributed by atoms with Crippen LogP contribution in [0, 0.1) is 13.8 Å². The first-order valence-electron chi connectivity index (χ1n) is 6.92. The van der Waals surface area contributed by atoms with Crippen molar-refractivity contribution in [3.05, 3.63) is 44.1 Å². The average Bonchev–Trinajstić information content (AvgIpc) is 2.48. The molecular weight excluding hydrogens is 284 g/mol. The fourth-order valence-electron chi connectivity index (χ4n) is 2.42. The topological polar surface area (TPSA) is 89.9 Å². The van der Waals surface area contributed by atoms with E-state index in [0.29, 0.717) is 11.0 Å². The van der Waals surface area contributed by atoms with Gasteiger partial charge in [0.2, 0.25) is 0 Å². The lowest BCUT2D eigenvalue weighted by Crippen LogP contribution is -2.36.